The number of ether oxygens (including phenoxy) is 1. The Kier molecular flexibility index (Phi) is 3.05. The van der Waals surface area contributed by atoms with E-state index in [9.17, 15) is 0 Å². The summed E-state index contributed by atoms with van der Waals surface area (Å²) in [7, 11) is 0. The molecule has 1 unspecified atom stereocenters. The number of nitrogens with two attached hydrogens (primary N) is 1. The second-order valence-corrected chi connectivity index (χ2v) is 4.22. The van der Waals surface area contributed by atoms with Crippen LogP contribution in [0.2, 0.25) is 0 Å². The molecule has 1 aliphatic rings. The molecule has 1 heterocycles. The molecule has 2 rings (SSSR count). The van der Waals surface area contributed by atoms with Gasteiger partial charge in [-0.2, -0.15) is 0 Å². The van der Waals surface area contributed by atoms with Crippen molar-refractivity contribution in [2.24, 2.45) is 5.84 Å². The molecule has 4 heteroatoms. The monoisotopic (exact) mass is 256 g/mol. The summed E-state index contributed by atoms with van der Waals surface area (Å²) >= 11 is 3.48. The molecule has 0 bridgehead atoms. The lowest BCUT2D eigenvalue weighted by molar-refractivity contribution is 0.313. The quantitative estimate of drug-likeness (QED) is 0.598. The molecule has 0 amide bonds. The normalized spacial score (nSPS) is 20.9. The highest BCUT2D eigenvalue weighted by molar-refractivity contribution is 9.10. The fourth-order valence-corrected chi connectivity index (χ4v) is 2.24. The van der Waals surface area contributed by atoms with E-state index in [4.69, 9.17) is 10.6 Å². The zero-order chi connectivity index (χ0) is 9.97. The first kappa shape index (κ1) is 9.96. The van der Waals surface area contributed by atoms with Gasteiger partial charge in [0.15, 0.2) is 0 Å². The van der Waals surface area contributed by atoms with Crippen molar-refractivity contribution in [3.63, 3.8) is 0 Å². The minimum atomic E-state index is 0.199. The second kappa shape index (κ2) is 4.29. The number of fused-ring (bicyclic) bond motifs is 1. The van der Waals surface area contributed by atoms with Crippen molar-refractivity contribution in [2.75, 3.05) is 6.61 Å². The zero-order valence-corrected chi connectivity index (χ0v) is 9.38. The van der Waals surface area contributed by atoms with Crippen molar-refractivity contribution >= 4 is 15.9 Å². The van der Waals surface area contributed by atoms with Crippen LogP contribution in [-0.2, 0) is 0 Å². The van der Waals surface area contributed by atoms with Gasteiger partial charge in [-0.15, -0.1) is 0 Å². The highest BCUT2D eigenvalue weighted by atomic mass is 79.9. The molecule has 0 aromatic heterocycles. The van der Waals surface area contributed by atoms with Crippen LogP contribution in [-0.4, -0.2) is 6.61 Å². The molecule has 3 nitrogen and oxygen atoms in total. The summed E-state index contributed by atoms with van der Waals surface area (Å²) in [5.74, 6) is 6.44. The number of hydrazine groups is 1. The van der Waals surface area contributed by atoms with E-state index >= 15 is 0 Å². The largest absolute Gasteiger partial charge is 0.492 e. The summed E-state index contributed by atoms with van der Waals surface area (Å²) in [6, 6.07) is 6.24. The maximum atomic E-state index is 5.67. The molecule has 0 saturated carbocycles. The first-order valence-electron chi connectivity index (χ1n) is 4.70. The van der Waals surface area contributed by atoms with Gasteiger partial charge in [-0.1, -0.05) is 12.1 Å². The van der Waals surface area contributed by atoms with Gasteiger partial charge in [0.2, 0.25) is 0 Å². The maximum absolute atomic E-state index is 5.67. The van der Waals surface area contributed by atoms with Crippen molar-refractivity contribution in [3.05, 3.63) is 28.2 Å². The van der Waals surface area contributed by atoms with Crippen molar-refractivity contribution in [1.82, 2.24) is 5.43 Å². The molecule has 76 valence electrons. The van der Waals surface area contributed by atoms with Crippen LogP contribution in [0, 0.1) is 0 Å². The Morgan fingerprint density at radius 3 is 3.14 bits per heavy atom. The average Bonchev–Trinajstić information content (AvgIpc) is 2.40. The Morgan fingerprint density at radius 1 is 1.50 bits per heavy atom. The predicted octanol–water partition coefficient (Wildman–Crippen LogP) is 2.13. The molecule has 1 aromatic carbocycles. The van der Waals surface area contributed by atoms with Crippen LogP contribution < -0.4 is 16.0 Å². The van der Waals surface area contributed by atoms with Gasteiger partial charge in [0.1, 0.15) is 5.75 Å². The lowest BCUT2D eigenvalue weighted by Crippen LogP contribution is -2.27. The lowest BCUT2D eigenvalue weighted by atomic mass is 10.0. The minimum Gasteiger partial charge on any atom is -0.492 e. The molecular formula is C10H13BrN2O. The highest BCUT2D eigenvalue weighted by Gasteiger charge is 2.19. The SMILES string of the molecule is NNC1CCCOc2c(Br)cccc21. The van der Waals surface area contributed by atoms with E-state index in [0.29, 0.717) is 0 Å². The Labute approximate surface area is 91.7 Å². The van der Waals surface area contributed by atoms with Gasteiger partial charge in [-0.3, -0.25) is 11.3 Å². The third kappa shape index (κ3) is 1.78. The first-order valence-corrected chi connectivity index (χ1v) is 5.49. The van der Waals surface area contributed by atoms with Crippen LogP contribution in [0.15, 0.2) is 22.7 Å². The van der Waals surface area contributed by atoms with Gasteiger partial charge in [-0.05, 0) is 34.8 Å². The Hall–Kier alpha value is -0.580. The number of nitrogens with one attached hydrogen (secondary N) is 1. The van der Waals surface area contributed by atoms with E-state index in [2.05, 4.69) is 27.4 Å². The van der Waals surface area contributed by atoms with Crippen LogP contribution in [0.1, 0.15) is 24.4 Å². The van der Waals surface area contributed by atoms with Crippen molar-refractivity contribution in [1.29, 1.82) is 0 Å². The fraction of sp³-hybridized carbons (Fsp3) is 0.400. The number of para-hydroxylation sites is 1. The topological polar surface area (TPSA) is 47.3 Å². The molecule has 0 aliphatic carbocycles. The Bertz CT molecular complexity index is 330. The van der Waals surface area contributed by atoms with E-state index in [0.717, 1.165) is 35.2 Å². The van der Waals surface area contributed by atoms with Crippen LogP contribution in [0.5, 0.6) is 5.75 Å². The molecule has 0 radical (unpaired) electrons. The summed E-state index contributed by atoms with van der Waals surface area (Å²) in [6.45, 7) is 0.758. The number of hydrogen-bond acceptors (Lipinski definition) is 3. The fourth-order valence-electron chi connectivity index (χ4n) is 1.74. The van der Waals surface area contributed by atoms with Crippen molar-refractivity contribution in [3.8, 4) is 5.75 Å². The molecule has 0 fully saturated rings. The summed E-state index contributed by atoms with van der Waals surface area (Å²) in [4.78, 5) is 0. The molecule has 0 saturated heterocycles. The maximum Gasteiger partial charge on any atom is 0.138 e. The minimum absolute atomic E-state index is 0.199. The predicted molar refractivity (Wildman–Crippen MR) is 58.9 cm³/mol. The van der Waals surface area contributed by atoms with E-state index < -0.39 is 0 Å². The third-order valence-corrected chi connectivity index (χ3v) is 3.08. The summed E-state index contributed by atoms with van der Waals surface area (Å²) < 4.78 is 6.67. The van der Waals surface area contributed by atoms with E-state index in [1.54, 1.807) is 0 Å². The zero-order valence-electron chi connectivity index (χ0n) is 7.79. The number of hydrogen-bond donors (Lipinski definition) is 2. The molecule has 14 heavy (non-hydrogen) atoms. The molecule has 1 atom stereocenters. The molecule has 1 aromatic rings. The van der Waals surface area contributed by atoms with E-state index in [1.165, 1.54) is 0 Å². The summed E-state index contributed by atoms with van der Waals surface area (Å²) in [6.07, 6.45) is 2.04. The number of benzene rings is 1. The Morgan fingerprint density at radius 2 is 2.36 bits per heavy atom. The van der Waals surface area contributed by atoms with Crippen LogP contribution in [0.25, 0.3) is 0 Å². The van der Waals surface area contributed by atoms with Gasteiger partial charge in [0.05, 0.1) is 11.1 Å². The van der Waals surface area contributed by atoms with Crippen LogP contribution in [0.3, 0.4) is 0 Å². The van der Waals surface area contributed by atoms with Crippen molar-refractivity contribution in [2.45, 2.75) is 18.9 Å². The Balaban J connectivity index is 2.44. The third-order valence-electron chi connectivity index (χ3n) is 2.46. The van der Waals surface area contributed by atoms with E-state index in [1.807, 2.05) is 12.1 Å². The molecule has 3 N–H and O–H groups in total. The molecular weight excluding hydrogens is 244 g/mol. The van der Waals surface area contributed by atoms with Gasteiger partial charge in [0, 0.05) is 11.6 Å². The van der Waals surface area contributed by atoms with Crippen LogP contribution >= 0.6 is 15.9 Å². The molecule has 1 aliphatic heterocycles. The first-order chi connectivity index (χ1) is 6.83. The standard InChI is InChI=1S/C10H13BrN2O/c11-8-4-1-3-7-9(13-12)5-2-6-14-10(7)8/h1,3-4,9,13H,2,5-6,12H2. The number of halogens is 1. The van der Waals surface area contributed by atoms with Crippen LogP contribution in [0.4, 0.5) is 0 Å². The molecule has 0 spiro atoms. The van der Waals surface area contributed by atoms with Crippen molar-refractivity contribution < 1.29 is 4.74 Å². The van der Waals surface area contributed by atoms with Gasteiger partial charge < -0.3 is 4.74 Å². The second-order valence-electron chi connectivity index (χ2n) is 3.37. The summed E-state index contributed by atoms with van der Waals surface area (Å²) in [5.41, 5.74) is 3.96. The lowest BCUT2D eigenvalue weighted by Gasteiger charge is -2.15. The smallest absolute Gasteiger partial charge is 0.138 e. The average molecular weight is 257 g/mol. The summed E-state index contributed by atoms with van der Waals surface area (Å²) in [5, 5.41) is 0. The van der Waals surface area contributed by atoms with Gasteiger partial charge in [0.25, 0.3) is 0 Å². The van der Waals surface area contributed by atoms with Gasteiger partial charge in [-0.25, -0.2) is 0 Å². The van der Waals surface area contributed by atoms with E-state index in [-0.39, 0.29) is 6.04 Å². The number of rotatable bonds is 1. The highest BCUT2D eigenvalue weighted by Crippen LogP contribution is 2.36. The van der Waals surface area contributed by atoms with Gasteiger partial charge >= 0.3 is 0 Å².